The van der Waals surface area contributed by atoms with Crippen molar-refractivity contribution in [2.45, 2.75) is 13.8 Å². The topological polar surface area (TPSA) is 87.5 Å². The largest absolute Gasteiger partial charge is 0.476 e. The van der Waals surface area contributed by atoms with Crippen LogP contribution in [0.2, 0.25) is 5.02 Å². The molecule has 2 heterocycles. The van der Waals surface area contributed by atoms with E-state index in [9.17, 15) is 9.59 Å². The zero-order valence-corrected chi connectivity index (χ0v) is 12.6. The van der Waals surface area contributed by atoms with Crippen molar-refractivity contribution >= 4 is 23.1 Å². The minimum absolute atomic E-state index is 0.135. The highest BCUT2D eigenvalue weighted by Crippen LogP contribution is 2.24. The Hall–Kier alpha value is -2.60. The van der Waals surface area contributed by atoms with Crippen LogP contribution in [0.3, 0.4) is 0 Å². The molecule has 0 aliphatic heterocycles. The van der Waals surface area contributed by atoms with E-state index in [2.05, 4.69) is 10.1 Å². The van der Waals surface area contributed by atoms with Gasteiger partial charge in [-0.2, -0.15) is 5.10 Å². The van der Waals surface area contributed by atoms with Gasteiger partial charge in [0.2, 0.25) is 0 Å². The normalized spacial score (nSPS) is 11.0. The first kappa shape index (κ1) is 14.3. The Morgan fingerprint density at radius 1 is 1.36 bits per heavy atom. The molecule has 3 aromatic rings. The highest BCUT2D eigenvalue weighted by molar-refractivity contribution is 6.31. The summed E-state index contributed by atoms with van der Waals surface area (Å²) in [5.74, 6) is -1.17. The third-order valence-electron chi connectivity index (χ3n) is 3.55. The first-order chi connectivity index (χ1) is 10.4. The molecule has 0 unspecified atom stereocenters. The summed E-state index contributed by atoms with van der Waals surface area (Å²) in [7, 11) is 0. The van der Waals surface area contributed by atoms with Crippen molar-refractivity contribution in [3.8, 4) is 11.3 Å². The van der Waals surface area contributed by atoms with Gasteiger partial charge in [0.05, 0.1) is 11.9 Å². The fraction of sp³-hybridized carbons (Fsp3) is 0.133. The molecule has 6 nitrogen and oxygen atoms in total. The molecule has 0 amide bonds. The number of carboxylic acids is 1. The van der Waals surface area contributed by atoms with Crippen LogP contribution in [-0.2, 0) is 0 Å². The van der Waals surface area contributed by atoms with Gasteiger partial charge in [-0.15, -0.1) is 0 Å². The van der Waals surface area contributed by atoms with Gasteiger partial charge in [0.1, 0.15) is 5.52 Å². The van der Waals surface area contributed by atoms with Gasteiger partial charge in [-0.1, -0.05) is 23.7 Å². The second-order valence-electron chi connectivity index (χ2n) is 5.03. The molecular formula is C15H12ClN3O3. The molecule has 22 heavy (non-hydrogen) atoms. The van der Waals surface area contributed by atoms with Crippen molar-refractivity contribution in [2.75, 3.05) is 0 Å². The van der Waals surface area contributed by atoms with E-state index in [-0.39, 0.29) is 11.2 Å². The molecule has 7 heteroatoms. The zero-order chi connectivity index (χ0) is 16.0. The predicted molar refractivity (Wildman–Crippen MR) is 82.7 cm³/mol. The van der Waals surface area contributed by atoms with Crippen LogP contribution in [-0.4, -0.2) is 25.7 Å². The van der Waals surface area contributed by atoms with E-state index < -0.39 is 11.5 Å². The van der Waals surface area contributed by atoms with Crippen molar-refractivity contribution in [3.05, 3.63) is 56.6 Å². The molecule has 0 bridgehead atoms. The number of aromatic amines is 1. The van der Waals surface area contributed by atoms with Crippen molar-refractivity contribution in [1.82, 2.24) is 14.6 Å². The van der Waals surface area contributed by atoms with Gasteiger partial charge >= 0.3 is 5.97 Å². The third-order valence-corrected chi connectivity index (χ3v) is 3.95. The van der Waals surface area contributed by atoms with Crippen LogP contribution in [0.5, 0.6) is 0 Å². The van der Waals surface area contributed by atoms with Crippen LogP contribution in [0.25, 0.3) is 16.8 Å². The number of H-pyrrole nitrogens is 1. The molecule has 0 spiro atoms. The number of aryl methyl sites for hydroxylation is 2. The maximum atomic E-state index is 12.2. The SMILES string of the molecule is Cc1ccc(-c2cn3nc(C(=O)O)c(C)c3c(=O)[nH]2)cc1Cl. The first-order valence-corrected chi connectivity index (χ1v) is 6.88. The average Bonchev–Trinajstić information content (AvgIpc) is 2.79. The number of carboxylic acid groups (broad SMARTS) is 1. The number of hydrogen-bond donors (Lipinski definition) is 2. The summed E-state index contributed by atoms with van der Waals surface area (Å²) >= 11 is 6.10. The number of aromatic nitrogens is 3. The summed E-state index contributed by atoms with van der Waals surface area (Å²) < 4.78 is 1.29. The summed E-state index contributed by atoms with van der Waals surface area (Å²) in [6, 6.07) is 5.41. The molecule has 0 aliphatic rings. The second kappa shape index (κ2) is 4.99. The van der Waals surface area contributed by atoms with Crippen molar-refractivity contribution in [1.29, 1.82) is 0 Å². The molecule has 2 N–H and O–H groups in total. The van der Waals surface area contributed by atoms with Gasteiger partial charge < -0.3 is 10.1 Å². The van der Waals surface area contributed by atoms with Gasteiger partial charge in [0.25, 0.3) is 5.56 Å². The van der Waals surface area contributed by atoms with Gasteiger partial charge in [0.15, 0.2) is 5.69 Å². The van der Waals surface area contributed by atoms with Crippen molar-refractivity contribution in [3.63, 3.8) is 0 Å². The van der Waals surface area contributed by atoms with Crippen molar-refractivity contribution in [2.24, 2.45) is 0 Å². The third kappa shape index (κ3) is 2.17. The van der Waals surface area contributed by atoms with E-state index in [0.29, 0.717) is 16.3 Å². The van der Waals surface area contributed by atoms with E-state index in [1.54, 1.807) is 19.2 Å². The molecule has 0 saturated heterocycles. The Labute approximate surface area is 130 Å². The molecule has 3 rings (SSSR count). The monoisotopic (exact) mass is 317 g/mol. The average molecular weight is 318 g/mol. The summed E-state index contributed by atoms with van der Waals surface area (Å²) in [6.45, 7) is 3.44. The van der Waals surface area contributed by atoms with E-state index in [4.69, 9.17) is 16.7 Å². The Balaban J connectivity index is 2.27. The van der Waals surface area contributed by atoms with Crippen molar-refractivity contribution < 1.29 is 9.90 Å². The lowest BCUT2D eigenvalue weighted by molar-refractivity contribution is 0.0689. The molecule has 2 aromatic heterocycles. The number of carbonyl (C=O) groups is 1. The highest BCUT2D eigenvalue weighted by atomic mass is 35.5. The number of fused-ring (bicyclic) bond motifs is 1. The maximum Gasteiger partial charge on any atom is 0.356 e. The highest BCUT2D eigenvalue weighted by Gasteiger charge is 2.18. The number of benzene rings is 1. The van der Waals surface area contributed by atoms with E-state index >= 15 is 0 Å². The molecule has 112 valence electrons. The van der Waals surface area contributed by atoms with E-state index in [1.807, 2.05) is 19.1 Å². The number of nitrogens with zero attached hydrogens (tertiary/aromatic N) is 2. The quantitative estimate of drug-likeness (QED) is 0.760. The van der Waals surface area contributed by atoms with Crippen LogP contribution in [0, 0.1) is 13.8 Å². The summed E-state index contributed by atoms with van der Waals surface area (Å²) in [6.07, 6.45) is 1.58. The fourth-order valence-corrected chi connectivity index (χ4v) is 2.51. The predicted octanol–water partition coefficient (Wildman–Crippen LogP) is 2.66. The lowest BCUT2D eigenvalue weighted by Crippen LogP contribution is -2.11. The number of rotatable bonds is 2. The van der Waals surface area contributed by atoms with Crippen LogP contribution in [0.1, 0.15) is 21.6 Å². The van der Waals surface area contributed by atoms with E-state index in [1.165, 1.54) is 4.52 Å². The second-order valence-corrected chi connectivity index (χ2v) is 5.44. The fourth-order valence-electron chi connectivity index (χ4n) is 2.33. The van der Waals surface area contributed by atoms with Crippen LogP contribution in [0.15, 0.2) is 29.2 Å². The van der Waals surface area contributed by atoms with Crippen LogP contribution >= 0.6 is 11.6 Å². The summed E-state index contributed by atoms with van der Waals surface area (Å²) in [5, 5.41) is 13.7. The van der Waals surface area contributed by atoms with Gasteiger partial charge in [-0.05, 0) is 25.5 Å². The molecule has 1 aromatic carbocycles. The minimum Gasteiger partial charge on any atom is -0.476 e. The van der Waals surface area contributed by atoms with Gasteiger partial charge in [-0.25, -0.2) is 9.31 Å². The lowest BCUT2D eigenvalue weighted by atomic mass is 10.1. The maximum absolute atomic E-state index is 12.2. The number of halogens is 1. The Morgan fingerprint density at radius 2 is 2.09 bits per heavy atom. The molecular weight excluding hydrogens is 306 g/mol. The Morgan fingerprint density at radius 3 is 2.73 bits per heavy atom. The smallest absolute Gasteiger partial charge is 0.356 e. The summed E-state index contributed by atoms with van der Waals surface area (Å²) in [4.78, 5) is 26.1. The molecule has 0 fully saturated rings. The Bertz CT molecular complexity index is 972. The Kier molecular flexibility index (Phi) is 3.26. The number of nitrogens with one attached hydrogen (secondary N) is 1. The van der Waals surface area contributed by atoms with Crippen LogP contribution in [0.4, 0.5) is 0 Å². The van der Waals surface area contributed by atoms with Gasteiger partial charge in [0, 0.05) is 16.1 Å². The minimum atomic E-state index is -1.17. The molecule has 0 atom stereocenters. The number of aromatic carboxylic acids is 1. The summed E-state index contributed by atoms with van der Waals surface area (Å²) in [5.41, 5.74) is 2.19. The van der Waals surface area contributed by atoms with Crippen LogP contribution < -0.4 is 5.56 Å². The first-order valence-electron chi connectivity index (χ1n) is 6.50. The number of hydrogen-bond acceptors (Lipinski definition) is 3. The molecule has 0 saturated carbocycles. The molecule has 0 aliphatic carbocycles. The standard InChI is InChI=1S/C15H12ClN3O3/c1-7-3-4-9(5-10(7)16)11-6-19-13(14(20)17-11)8(2)12(18-19)15(21)22/h3-6H,1-2H3,(H,17,20)(H,21,22). The zero-order valence-electron chi connectivity index (χ0n) is 11.8. The lowest BCUT2D eigenvalue weighted by Gasteiger charge is -2.05. The molecule has 0 radical (unpaired) electrons. The van der Waals surface area contributed by atoms with Gasteiger partial charge in [-0.3, -0.25) is 4.79 Å². The van der Waals surface area contributed by atoms with E-state index in [0.717, 1.165) is 11.1 Å².